The summed E-state index contributed by atoms with van der Waals surface area (Å²) in [5.41, 5.74) is 0.982. The summed E-state index contributed by atoms with van der Waals surface area (Å²) in [6.07, 6.45) is 3.13. The largest absolute Gasteiger partial charge is 0.318 e. The predicted octanol–water partition coefficient (Wildman–Crippen LogP) is 1.76. The van der Waals surface area contributed by atoms with E-state index in [2.05, 4.69) is 15.3 Å². The fourth-order valence-corrected chi connectivity index (χ4v) is 2.43. The molecule has 2 aromatic rings. The molecular weight excluding hydrogens is 250 g/mol. The van der Waals surface area contributed by atoms with Gasteiger partial charge in [-0.25, -0.2) is 9.97 Å². The number of Topliss-reactive ketones (excluding diaryl/α,β-unsaturated/α-hetero) is 1. The second kappa shape index (κ2) is 4.23. The molecular formula is C12H7N3O2S. The van der Waals surface area contributed by atoms with Crippen molar-refractivity contribution >= 4 is 29.1 Å². The van der Waals surface area contributed by atoms with Crippen LogP contribution < -0.4 is 5.32 Å². The highest BCUT2D eigenvalue weighted by molar-refractivity contribution is 7.99. The Kier molecular flexibility index (Phi) is 2.56. The lowest BCUT2D eigenvalue weighted by molar-refractivity contribution is -0.112. The molecule has 1 aliphatic rings. The summed E-state index contributed by atoms with van der Waals surface area (Å²) < 4.78 is 0. The van der Waals surface area contributed by atoms with E-state index in [1.807, 2.05) is 0 Å². The summed E-state index contributed by atoms with van der Waals surface area (Å²) in [5, 5.41) is 3.34. The molecule has 1 N–H and O–H groups in total. The summed E-state index contributed by atoms with van der Waals surface area (Å²) in [6, 6.07) is 7.01. The molecule has 5 nitrogen and oxygen atoms in total. The van der Waals surface area contributed by atoms with E-state index >= 15 is 0 Å². The molecule has 18 heavy (non-hydrogen) atoms. The molecule has 0 aliphatic carbocycles. The number of benzene rings is 1. The average Bonchev–Trinajstić information content (AvgIpc) is 2.66. The Morgan fingerprint density at radius 1 is 1.17 bits per heavy atom. The third-order valence-corrected chi connectivity index (χ3v) is 3.41. The number of carbonyl (C=O) groups is 2. The van der Waals surface area contributed by atoms with Crippen LogP contribution in [0.3, 0.4) is 0 Å². The van der Waals surface area contributed by atoms with Crippen molar-refractivity contribution in [1.29, 1.82) is 0 Å². The van der Waals surface area contributed by atoms with E-state index in [0.717, 1.165) is 9.92 Å². The van der Waals surface area contributed by atoms with Gasteiger partial charge in [-0.2, -0.15) is 0 Å². The second-order valence-corrected chi connectivity index (χ2v) is 4.73. The molecule has 0 fully saturated rings. The zero-order chi connectivity index (χ0) is 12.5. The van der Waals surface area contributed by atoms with Crippen LogP contribution in [0, 0.1) is 0 Å². The summed E-state index contributed by atoms with van der Waals surface area (Å²) in [6.45, 7) is 0. The van der Waals surface area contributed by atoms with Gasteiger partial charge in [0.1, 0.15) is 11.4 Å². The molecule has 3 rings (SSSR count). The van der Waals surface area contributed by atoms with E-state index in [0.29, 0.717) is 11.3 Å². The number of hydrogen-bond donors (Lipinski definition) is 1. The molecule has 0 saturated heterocycles. The van der Waals surface area contributed by atoms with Gasteiger partial charge in [0.15, 0.2) is 0 Å². The van der Waals surface area contributed by atoms with Crippen molar-refractivity contribution in [3.05, 3.63) is 42.4 Å². The Bertz CT molecular complexity index is 643. The van der Waals surface area contributed by atoms with Crippen molar-refractivity contribution < 1.29 is 9.59 Å². The van der Waals surface area contributed by atoms with Crippen LogP contribution in [0.5, 0.6) is 0 Å². The molecule has 0 bridgehead atoms. The van der Waals surface area contributed by atoms with Crippen molar-refractivity contribution in [2.24, 2.45) is 0 Å². The van der Waals surface area contributed by atoms with E-state index in [-0.39, 0.29) is 0 Å². The highest BCUT2D eigenvalue weighted by atomic mass is 32.2. The molecule has 1 amide bonds. The van der Waals surface area contributed by atoms with Gasteiger partial charge < -0.3 is 5.32 Å². The van der Waals surface area contributed by atoms with Crippen molar-refractivity contribution in [3.8, 4) is 0 Å². The molecule has 1 aromatic carbocycles. The van der Waals surface area contributed by atoms with Crippen LogP contribution in [0.15, 0.2) is 46.7 Å². The number of aromatic nitrogens is 2. The number of rotatable bonds is 2. The maximum atomic E-state index is 11.4. The first kappa shape index (κ1) is 10.9. The van der Waals surface area contributed by atoms with Crippen LogP contribution >= 0.6 is 11.8 Å². The van der Waals surface area contributed by atoms with E-state index in [1.54, 1.807) is 30.5 Å². The van der Waals surface area contributed by atoms with Gasteiger partial charge in [0.25, 0.3) is 11.7 Å². The molecule has 0 unspecified atom stereocenters. The van der Waals surface area contributed by atoms with Gasteiger partial charge in [-0.05, 0) is 24.3 Å². The van der Waals surface area contributed by atoms with E-state index in [4.69, 9.17) is 0 Å². The van der Waals surface area contributed by atoms with Gasteiger partial charge in [0.05, 0.1) is 11.3 Å². The van der Waals surface area contributed by atoms with Crippen molar-refractivity contribution in [3.63, 3.8) is 0 Å². The van der Waals surface area contributed by atoms with Gasteiger partial charge in [-0.15, -0.1) is 0 Å². The quantitative estimate of drug-likeness (QED) is 0.655. The minimum atomic E-state index is -0.575. The SMILES string of the molecule is O=C1Nc2cc(Sc3ccncn3)ccc2C1=O. The van der Waals surface area contributed by atoms with Crippen molar-refractivity contribution in [2.45, 2.75) is 9.92 Å². The summed E-state index contributed by atoms with van der Waals surface area (Å²) in [5.74, 6) is -1.06. The molecule has 1 aliphatic heterocycles. The zero-order valence-corrected chi connectivity index (χ0v) is 9.90. The van der Waals surface area contributed by atoms with Gasteiger partial charge in [0.2, 0.25) is 0 Å². The van der Waals surface area contributed by atoms with Crippen LogP contribution in [0.1, 0.15) is 10.4 Å². The van der Waals surface area contributed by atoms with E-state index < -0.39 is 11.7 Å². The minimum Gasteiger partial charge on any atom is -0.318 e. The Hall–Kier alpha value is -2.21. The van der Waals surface area contributed by atoms with Crippen LogP contribution in [0.2, 0.25) is 0 Å². The summed E-state index contributed by atoms with van der Waals surface area (Å²) in [7, 11) is 0. The van der Waals surface area contributed by atoms with Crippen LogP contribution in [0.25, 0.3) is 0 Å². The van der Waals surface area contributed by atoms with Crippen LogP contribution in [-0.2, 0) is 4.79 Å². The maximum absolute atomic E-state index is 11.4. The third kappa shape index (κ3) is 1.86. The molecule has 88 valence electrons. The number of nitrogens with zero attached hydrogens (tertiary/aromatic N) is 2. The highest BCUT2D eigenvalue weighted by Gasteiger charge is 2.27. The standard InChI is InChI=1S/C12H7N3O2S/c16-11-8-2-1-7(5-9(8)15-12(11)17)18-10-3-4-13-6-14-10/h1-6H,(H,15,16,17). The fraction of sp³-hybridized carbons (Fsp3) is 0. The third-order valence-electron chi connectivity index (χ3n) is 2.47. The highest BCUT2D eigenvalue weighted by Crippen LogP contribution is 2.31. The molecule has 2 heterocycles. The molecule has 6 heteroatoms. The normalized spacial score (nSPS) is 13.3. The monoisotopic (exact) mass is 257 g/mol. The van der Waals surface area contributed by atoms with Gasteiger partial charge in [-0.1, -0.05) is 11.8 Å². The van der Waals surface area contributed by atoms with Crippen LogP contribution in [-0.4, -0.2) is 21.7 Å². The smallest absolute Gasteiger partial charge is 0.296 e. The molecule has 0 radical (unpaired) electrons. The number of hydrogen-bond acceptors (Lipinski definition) is 5. The number of amides is 1. The number of fused-ring (bicyclic) bond motifs is 1. The molecule has 1 aromatic heterocycles. The molecule has 0 saturated carbocycles. The minimum absolute atomic E-state index is 0.423. The second-order valence-electron chi connectivity index (χ2n) is 3.64. The Labute approximate surface area is 107 Å². The predicted molar refractivity (Wildman–Crippen MR) is 65.6 cm³/mol. The van der Waals surface area contributed by atoms with Crippen molar-refractivity contribution in [1.82, 2.24) is 9.97 Å². The number of carbonyl (C=O) groups excluding carboxylic acids is 2. The molecule has 0 spiro atoms. The number of anilines is 1. The average molecular weight is 257 g/mol. The molecule has 0 atom stereocenters. The number of nitrogens with one attached hydrogen (secondary N) is 1. The Balaban J connectivity index is 1.91. The van der Waals surface area contributed by atoms with Crippen molar-refractivity contribution in [2.75, 3.05) is 5.32 Å². The van der Waals surface area contributed by atoms with Gasteiger partial charge in [-0.3, -0.25) is 9.59 Å². The lowest BCUT2D eigenvalue weighted by atomic mass is 10.1. The zero-order valence-electron chi connectivity index (χ0n) is 9.08. The number of ketones is 1. The first-order valence-corrected chi connectivity index (χ1v) is 5.99. The summed E-state index contributed by atoms with van der Waals surface area (Å²) >= 11 is 1.44. The first-order valence-electron chi connectivity index (χ1n) is 5.17. The Morgan fingerprint density at radius 3 is 2.83 bits per heavy atom. The first-order chi connectivity index (χ1) is 8.74. The fourth-order valence-electron chi connectivity index (χ4n) is 1.65. The lowest BCUT2D eigenvalue weighted by Crippen LogP contribution is -2.12. The van der Waals surface area contributed by atoms with E-state index in [1.165, 1.54) is 18.1 Å². The Morgan fingerprint density at radius 2 is 2.06 bits per heavy atom. The summed E-state index contributed by atoms with van der Waals surface area (Å²) in [4.78, 5) is 31.5. The lowest BCUT2D eigenvalue weighted by Gasteiger charge is -2.02. The topological polar surface area (TPSA) is 72.0 Å². The maximum Gasteiger partial charge on any atom is 0.296 e. The van der Waals surface area contributed by atoms with E-state index in [9.17, 15) is 9.59 Å². The van der Waals surface area contributed by atoms with Gasteiger partial charge in [0, 0.05) is 11.1 Å². The van der Waals surface area contributed by atoms with Crippen LogP contribution in [0.4, 0.5) is 5.69 Å². The van der Waals surface area contributed by atoms with Gasteiger partial charge >= 0.3 is 0 Å².